The van der Waals surface area contributed by atoms with Gasteiger partial charge in [0.2, 0.25) is 5.91 Å². The van der Waals surface area contributed by atoms with Gasteiger partial charge in [-0.2, -0.15) is 0 Å². The summed E-state index contributed by atoms with van der Waals surface area (Å²) in [6.07, 6.45) is 0.0420. The van der Waals surface area contributed by atoms with Crippen molar-refractivity contribution in [1.82, 2.24) is 10.2 Å². The van der Waals surface area contributed by atoms with Crippen LogP contribution in [0.1, 0.15) is 24.9 Å². The van der Waals surface area contributed by atoms with E-state index in [0.29, 0.717) is 19.0 Å². The molecule has 0 saturated carbocycles. The third kappa shape index (κ3) is 5.81. The van der Waals surface area contributed by atoms with Crippen LogP contribution in [-0.4, -0.2) is 60.9 Å². The molecule has 2 aliphatic heterocycles. The highest BCUT2D eigenvalue weighted by molar-refractivity contribution is 5.95. The number of aliphatic hydroxyl groups is 1. The number of nitrogens with zero attached hydrogens (tertiary/aromatic N) is 1. The minimum atomic E-state index is -0.428. The fraction of sp³-hybridized carbons (Fsp3) is 0.588. The Kier molecular flexibility index (Phi) is 9.13. The first kappa shape index (κ1) is 22.2. The van der Waals surface area contributed by atoms with E-state index in [2.05, 4.69) is 34.6 Å². The number of morpholine rings is 1. The van der Waals surface area contributed by atoms with Gasteiger partial charge in [0.15, 0.2) is 0 Å². The molecule has 142 valence electrons. The SMILES string of the molecule is CC(c1ccc(NC(=O)C2CC(O)CN2)cc1)N1CCOCC1.Cl.Cl. The van der Waals surface area contributed by atoms with Gasteiger partial charge in [0.1, 0.15) is 0 Å². The number of halogens is 2. The highest BCUT2D eigenvalue weighted by atomic mass is 35.5. The monoisotopic (exact) mass is 391 g/mol. The Morgan fingerprint density at radius 2 is 1.92 bits per heavy atom. The molecule has 0 spiro atoms. The Labute approximate surface area is 161 Å². The number of rotatable bonds is 4. The molecule has 0 bridgehead atoms. The summed E-state index contributed by atoms with van der Waals surface area (Å²) >= 11 is 0. The predicted molar refractivity (Wildman–Crippen MR) is 103 cm³/mol. The average molecular weight is 392 g/mol. The summed E-state index contributed by atoms with van der Waals surface area (Å²) in [6.45, 7) is 6.17. The van der Waals surface area contributed by atoms with Crippen LogP contribution >= 0.6 is 24.8 Å². The van der Waals surface area contributed by atoms with Crippen LogP contribution in [0.5, 0.6) is 0 Å². The highest BCUT2D eigenvalue weighted by Gasteiger charge is 2.28. The fourth-order valence-corrected chi connectivity index (χ4v) is 3.17. The molecule has 2 saturated heterocycles. The number of benzene rings is 1. The summed E-state index contributed by atoms with van der Waals surface area (Å²) in [5.41, 5.74) is 2.02. The van der Waals surface area contributed by atoms with Gasteiger partial charge in [0.05, 0.1) is 25.4 Å². The van der Waals surface area contributed by atoms with Crippen molar-refractivity contribution in [2.45, 2.75) is 31.5 Å². The Bertz CT molecular complexity index is 538. The fourth-order valence-electron chi connectivity index (χ4n) is 3.17. The molecular formula is C17H27Cl2N3O3. The van der Waals surface area contributed by atoms with Gasteiger partial charge in [-0.15, -0.1) is 24.8 Å². The van der Waals surface area contributed by atoms with E-state index >= 15 is 0 Å². The third-order valence-electron chi connectivity index (χ3n) is 4.68. The lowest BCUT2D eigenvalue weighted by molar-refractivity contribution is -0.117. The molecule has 3 rings (SSSR count). The van der Waals surface area contributed by atoms with Crippen LogP contribution in [0.25, 0.3) is 0 Å². The molecule has 6 nitrogen and oxygen atoms in total. The summed E-state index contributed by atoms with van der Waals surface area (Å²) in [7, 11) is 0. The number of hydrogen-bond acceptors (Lipinski definition) is 5. The lowest BCUT2D eigenvalue weighted by atomic mass is 10.1. The smallest absolute Gasteiger partial charge is 0.241 e. The van der Waals surface area contributed by atoms with E-state index < -0.39 is 6.10 Å². The largest absolute Gasteiger partial charge is 0.392 e. The van der Waals surface area contributed by atoms with E-state index in [1.54, 1.807) is 0 Å². The Balaban J connectivity index is 0.00000156. The molecule has 1 aromatic rings. The molecule has 25 heavy (non-hydrogen) atoms. The van der Waals surface area contributed by atoms with Gasteiger partial charge < -0.3 is 20.5 Å². The molecule has 0 radical (unpaired) electrons. The van der Waals surface area contributed by atoms with Crippen LogP contribution in [0.4, 0.5) is 5.69 Å². The summed E-state index contributed by atoms with van der Waals surface area (Å²) in [5.74, 6) is -0.0875. The molecule has 2 fully saturated rings. The molecule has 0 aromatic heterocycles. The first-order valence-electron chi connectivity index (χ1n) is 8.27. The Hall–Kier alpha value is -0.890. The minimum absolute atomic E-state index is 0. The van der Waals surface area contributed by atoms with Crippen LogP contribution in [0.3, 0.4) is 0 Å². The first-order valence-corrected chi connectivity index (χ1v) is 8.27. The molecule has 3 unspecified atom stereocenters. The van der Waals surface area contributed by atoms with Crippen molar-refractivity contribution >= 4 is 36.4 Å². The van der Waals surface area contributed by atoms with Gasteiger partial charge in [0.25, 0.3) is 0 Å². The van der Waals surface area contributed by atoms with Crippen molar-refractivity contribution in [3.63, 3.8) is 0 Å². The van der Waals surface area contributed by atoms with E-state index in [4.69, 9.17) is 4.74 Å². The number of amides is 1. The molecule has 2 heterocycles. The Morgan fingerprint density at radius 1 is 1.28 bits per heavy atom. The molecule has 3 atom stereocenters. The zero-order chi connectivity index (χ0) is 16.2. The second-order valence-electron chi connectivity index (χ2n) is 6.29. The van der Waals surface area contributed by atoms with Gasteiger partial charge >= 0.3 is 0 Å². The number of hydrogen-bond donors (Lipinski definition) is 3. The second-order valence-corrected chi connectivity index (χ2v) is 6.29. The normalized spacial score (nSPS) is 24.7. The van der Waals surface area contributed by atoms with Gasteiger partial charge in [-0.25, -0.2) is 0 Å². The standard InChI is InChI=1S/C17H25N3O3.2ClH/c1-12(20-6-8-23-9-7-20)13-2-4-14(5-3-13)19-17(22)16-10-15(21)11-18-16;;/h2-5,12,15-16,18,21H,6-11H2,1H3,(H,19,22);2*1H. The number of nitrogens with one attached hydrogen (secondary N) is 2. The highest BCUT2D eigenvalue weighted by Crippen LogP contribution is 2.23. The van der Waals surface area contributed by atoms with Gasteiger partial charge in [-0.3, -0.25) is 9.69 Å². The maximum atomic E-state index is 12.1. The van der Waals surface area contributed by atoms with Crippen molar-refractivity contribution in [3.8, 4) is 0 Å². The number of anilines is 1. The topological polar surface area (TPSA) is 73.8 Å². The summed E-state index contributed by atoms with van der Waals surface area (Å²) in [5, 5.41) is 15.4. The molecule has 1 aromatic carbocycles. The average Bonchev–Trinajstić information content (AvgIpc) is 3.02. The van der Waals surface area contributed by atoms with E-state index in [-0.39, 0.29) is 36.8 Å². The van der Waals surface area contributed by atoms with Gasteiger partial charge in [-0.05, 0) is 31.0 Å². The maximum Gasteiger partial charge on any atom is 0.241 e. The first-order chi connectivity index (χ1) is 11.1. The van der Waals surface area contributed by atoms with Gasteiger partial charge in [-0.1, -0.05) is 12.1 Å². The zero-order valence-corrected chi connectivity index (χ0v) is 15.9. The molecule has 1 amide bonds. The molecular weight excluding hydrogens is 365 g/mol. The van der Waals surface area contributed by atoms with Crippen LogP contribution in [0, 0.1) is 0 Å². The van der Waals surface area contributed by atoms with E-state index in [9.17, 15) is 9.90 Å². The van der Waals surface area contributed by atoms with E-state index in [1.807, 2.05) is 12.1 Å². The quantitative estimate of drug-likeness (QED) is 0.726. The number of carbonyl (C=O) groups excluding carboxylic acids is 1. The molecule has 0 aliphatic carbocycles. The second kappa shape index (κ2) is 10.3. The number of β-amino-alcohol motifs (C(OH)–C–C–N with tert-alkyl or cyclic N) is 1. The van der Waals surface area contributed by atoms with Crippen molar-refractivity contribution < 1.29 is 14.6 Å². The van der Waals surface area contributed by atoms with Crippen molar-refractivity contribution in [2.24, 2.45) is 0 Å². The van der Waals surface area contributed by atoms with Crippen LogP contribution in [-0.2, 0) is 9.53 Å². The Morgan fingerprint density at radius 3 is 2.48 bits per heavy atom. The minimum Gasteiger partial charge on any atom is -0.392 e. The zero-order valence-electron chi connectivity index (χ0n) is 14.3. The number of aliphatic hydroxyl groups excluding tert-OH is 1. The van der Waals surface area contributed by atoms with Gasteiger partial charge in [0, 0.05) is 31.4 Å². The van der Waals surface area contributed by atoms with Crippen LogP contribution in [0.15, 0.2) is 24.3 Å². The lowest BCUT2D eigenvalue weighted by Gasteiger charge is -2.32. The third-order valence-corrected chi connectivity index (χ3v) is 4.68. The molecule has 3 N–H and O–H groups in total. The van der Waals surface area contributed by atoms with Crippen molar-refractivity contribution in [2.75, 3.05) is 38.2 Å². The van der Waals surface area contributed by atoms with Crippen molar-refractivity contribution in [3.05, 3.63) is 29.8 Å². The lowest BCUT2D eigenvalue weighted by Crippen LogP contribution is -2.38. The molecule has 8 heteroatoms. The van der Waals surface area contributed by atoms with E-state index in [1.165, 1.54) is 5.56 Å². The summed E-state index contributed by atoms with van der Waals surface area (Å²) < 4.78 is 5.39. The predicted octanol–water partition coefficient (Wildman–Crippen LogP) is 1.58. The number of carbonyl (C=O) groups is 1. The maximum absolute atomic E-state index is 12.1. The molecule has 2 aliphatic rings. The van der Waals surface area contributed by atoms with Crippen LogP contribution < -0.4 is 10.6 Å². The summed E-state index contributed by atoms with van der Waals surface area (Å²) in [4.78, 5) is 14.5. The van der Waals surface area contributed by atoms with Crippen LogP contribution in [0.2, 0.25) is 0 Å². The van der Waals surface area contributed by atoms with Crippen molar-refractivity contribution in [1.29, 1.82) is 0 Å². The van der Waals surface area contributed by atoms with E-state index in [0.717, 1.165) is 32.0 Å². The number of ether oxygens (including phenoxy) is 1. The summed E-state index contributed by atoms with van der Waals surface area (Å²) in [6, 6.07) is 8.04.